The van der Waals surface area contributed by atoms with E-state index in [1.807, 2.05) is 17.8 Å². The van der Waals surface area contributed by atoms with Crippen molar-refractivity contribution in [3.8, 4) is 0 Å². The molecule has 0 aromatic heterocycles. The van der Waals surface area contributed by atoms with E-state index in [1.54, 1.807) is 0 Å². The Hall–Kier alpha value is -0.300. The van der Waals surface area contributed by atoms with Crippen LogP contribution in [0.4, 0.5) is 0 Å². The molecule has 1 aromatic carbocycles. The highest BCUT2D eigenvalue weighted by Crippen LogP contribution is 2.60. The molecule has 7 nitrogen and oxygen atoms in total. The van der Waals surface area contributed by atoms with Gasteiger partial charge in [0.1, 0.15) is 0 Å². The van der Waals surface area contributed by atoms with E-state index in [-0.39, 0.29) is 6.54 Å². The zero-order valence-electron chi connectivity index (χ0n) is 16.1. The zero-order valence-corrected chi connectivity index (χ0v) is 18.7. The van der Waals surface area contributed by atoms with Gasteiger partial charge in [-0.2, -0.15) is 14.7 Å². The number of rotatable bonds is 15. The van der Waals surface area contributed by atoms with Crippen molar-refractivity contribution in [2.75, 3.05) is 12.3 Å². The summed E-state index contributed by atoms with van der Waals surface area (Å²) in [5.41, 5.74) is 0. The normalized spacial score (nSPS) is 13.1. The summed E-state index contributed by atoms with van der Waals surface area (Å²) in [5.74, 6) is 1.15. The fourth-order valence-corrected chi connectivity index (χ4v) is 5.60. The first-order chi connectivity index (χ1) is 13.2. The van der Waals surface area contributed by atoms with Crippen LogP contribution in [-0.2, 0) is 4.57 Å². The van der Waals surface area contributed by atoms with Gasteiger partial charge >= 0.3 is 20.7 Å². The zero-order chi connectivity index (χ0) is 20.9. The molecule has 0 aliphatic rings. The lowest BCUT2D eigenvalue weighted by Gasteiger charge is -2.08. The summed E-state index contributed by atoms with van der Waals surface area (Å²) in [6, 6.07) is 10.4. The van der Waals surface area contributed by atoms with Gasteiger partial charge in [-0.1, -0.05) is 63.1 Å². The maximum absolute atomic E-state index is 11.1. The molecule has 0 heterocycles. The minimum absolute atomic E-state index is 0.0585. The largest absolute Gasteiger partial charge is 0.469 e. The summed E-state index contributed by atoms with van der Waals surface area (Å²) in [5, 5.41) is -1.19. The van der Waals surface area contributed by atoms with Crippen LogP contribution >= 0.6 is 27.3 Å². The molecule has 0 fully saturated rings. The van der Waals surface area contributed by atoms with Crippen molar-refractivity contribution in [2.24, 2.45) is 4.99 Å². The van der Waals surface area contributed by atoms with Crippen LogP contribution in [0, 0.1) is 0 Å². The minimum Gasteiger partial charge on any atom is -0.317 e. The molecule has 10 heteroatoms. The second-order valence-corrected chi connectivity index (χ2v) is 11.2. The van der Waals surface area contributed by atoms with E-state index < -0.39 is 20.7 Å². The van der Waals surface area contributed by atoms with E-state index in [4.69, 9.17) is 24.5 Å². The summed E-state index contributed by atoms with van der Waals surface area (Å²) >= 11 is 1.90. The van der Waals surface area contributed by atoms with Crippen LogP contribution in [0.15, 0.2) is 40.2 Å². The van der Waals surface area contributed by atoms with Gasteiger partial charge in [0.25, 0.3) is 0 Å². The SMILES string of the molecule is O=P(O)(O)C(=NCCCCCCCCCCCSc1ccccc1)[P+](O)(O)O. The van der Waals surface area contributed by atoms with Crippen molar-refractivity contribution in [2.45, 2.75) is 62.7 Å². The van der Waals surface area contributed by atoms with Gasteiger partial charge in [-0.3, -0.25) is 0 Å². The monoisotopic (exact) mass is 452 g/mol. The van der Waals surface area contributed by atoms with Crippen LogP contribution in [0.25, 0.3) is 0 Å². The molecule has 0 atom stereocenters. The average molecular weight is 452 g/mol. The minimum atomic E-state index is -4.95. The van der Waals surface area contributed by atoms with E-state index >= 15 is 0 Å². The highest BCUT2D eigenvalue weighted by atomic mass is 32.2. The Kier molecular flexibility index (Phi) is 12.7. The molecule has 0 bridgehead atoms. The highest BCUT2D eigenvalue weighted by Gasteiger charge is 2.51. The number of benzene rings is 1. The third kappa shape index (κ3) is 12.3. The molecular weight excluding hydrogens is 420 g/mol. The van der Waals surface area contributed by atoms with Crippen LogP contribution in [0.5, 0.6) is 0 Å². The first kappa shape index (κ1) is 25.7. The molecule has 5 N–H and O–H groups in total. The molecule has 160 valence electrons. The smallest absolute Gasteiger partial charge is 0.317 e. The molecule has 0 saturated carbocycles. The van der Waals surface area contributed by atoms with Crippen molar-refractivity contribution in [3.63, 3.8) is 0 Å². The molecule has 0 saturated heterocycles. The van der Waals surface area contributed by atoms with Crippen molar-refractivity contribution in [1.82, 2.24) is 0 Å². The average Bonchev–Trinajstić information content (AvgIpc) is 2.60. The van der Waals surface area contributed by atoms with E-state index in [0.29, 0.717) is 6.42 Å². The number of hydrogen-bond acceptors (Lipinski definition) is 6. The Morgan fingerprint density at radius 1 is 0.857 bits per heavy atom. The molecule has 0 spiro atoms. The van der Waals surface area contributed by atoms with Gasteiger partial charge in [0.2, 0.25) is 0 Å². The second-order valence-electron chi connectivity index (χ2n) is 6.64. The number of hydrogen-bond donors (Lipinski definition) is 5. The first-order valence-corrected chi connectivity index (χ1v) is 13.8. The molecule has 0 radical (unpaired) electrons. The molecule has 1 rings (SSSR count). The predicted molar refractivity (Wildman–Crippen MR) is 117 cm³/mol. The Morgan fingerprint density at radius 2 is 1.36 bits per heavy atom. The lowest BCUT2D eigenvalue weighted by molar-refractivity contribution is 0.348. The van der Waals surface area contributed by atoms with Gasteiger partial charge in [-0.25, -0.2) is 9.56 Å². The first-order valence-electron chi connectivity index (χ1n) is 9.57. The Bertz CT molecular complexity index is 618. The molecule has 1 aromatic rings. The van der Waals surface area contributed by atoms with E-state index in [9.17, 15) is 4.57 Å². The van der Waals surface area contributed by atoms with Crippen LogP contribution in [-0.4, -0.2) is 42.0 Å². The van der Waals surface area contributed by atoms with E-state index in [0.717, 1.165) is 25.0 Å². The van der Waals surface area contributed by atoms with Crippen molar-refractivity contribution in [1.29, 1.82) is 0 Å². The van der Waals surface area contributed by atoms with Crippen molar-refractivity contribution >= 4 is 32.5 Å². The number of thioether (sulfide) groups is 1. The second kappa shape index (κ2) is 13.8. The topological polar surface area (TPSA) is 131 Å². The maximum Gasteiger partial charge on any atom is 0.469 e. The standard InChI is InChI=1S/C18H31NO6P2S/c20-26(21,22)18(27(23,24)25)19-15-11-6-4-2-1-3-5-7-12-16-28-17-13-9-8-10-14-17/h8-10,13-14,20-22H,1-7,11-12,15-16H2,(H-,23,24,25)/p+1. The summed E-state index contributed by atoms with van der Waals surface area (Å²) < 4.78 is 11.1. The number of unbranched alkanes of at least 4 members (excludes halogenated alkanes) is 8. The molecule has 28 heavy (non-hydrogen) atoms. The highest BCUT2D eigenvalue weighted by molar-refractivity contribution is 8.00. The van der Waals surface area contributed by atoms with Gasteiger partial charge in [0.15, 0.2) is 0 Å². The number of nitrogens with zero attached hydrogens (tertiary/aromatic N) is 1. The molecule has 0 unspecified atom stereocenters. The van der Waals surface area contributed by atoms with Gasteiger partial charge < -0.3 is 9.79 Å². The summed E-state index contributed by atoms with van der Waals surface area (Å²) in [4.78, 5) is 49.9. The molecule has 0 amide bonds. The lowest BCUT2D eigenvalue weighted by atomic mass is 10.1. The van der Waals surface area contributed by atoms with Gasteiger partial charge in [0, 0.05) is 11.4 Å². The van der Waals surface area contributed by atoms with Crippen LogP contribution in [0.3, 0.4) is 0 Å². The van der Waals surface area contributed by atoms with Crippen LogP contribution < -0.4 is 0 Å². The fraction of sp³-hybridized carbons (Fsp3) is 0.611. The Morgan fingerprint density at radius 3 is 1.86 bits per heavy atom. The third-order valence-corrected chi connectivity index (χ3v) is 8.12. The van der Waals surface area contributed by atoms with E-state index in [2.05, 4.69) is 29.3 Å². The predicted octanol–water partition coefficient (Wildman–Crippen LogP) is 4.56. The quantitative estimate of drug-likeness (QED) is 0.114. The molecular formula is C18H32NO6P2S+. The van der Waals surface area contributed by atoms with E-state index in [1.165, 1.54) is 37.0 Å². The fourth-order valence-electron chi connectivity index (χ4n) is 2.70. The maximum atomic E-state index is 11.1. The van der Waals surface area contributed by atoms with Crippen molar-refractivity contribution in [3.05, 3.63) is 30.3 Å². The van der Waals surface area contributed by atoms with Gasteiger partial charge in [-0.05, 0) is 30.7 Å². The Labute approximate surface area is 172 Å². The van der Waals surface area contributed by atoms with Gasteiger partial charge in [0.05, 0.1) is 0 Å². The lowest BCUT2D eigenvalue weighted by Crippen LogP contribution is -2.07. The summed E-state index contributed by atoms with van der Waals surface area (Å²) in [7, 11) is -9.71. The Balaban J connectivity index is 1.97. The molecule has 0 aliphatic heterocycles. The summed E-state index contributed by atoms with van der Waals surface area (Å²) in [6.45, 7) is 0.0585. The molecule has 0 aliphatic carbocycles. The van der Waals surface area contributed by atoms with Crippen molar-refractivity contribution < 1.29 is 29.0 Å². The van der Waals surface area contributed by atoms with Crippen LogP contribution in [0.1, 0.15) is 57.8 Å². The third-order valence-electron chi connectivity index (χ3n) is 4.10. The number of aliphatic imine (C=N–C) groups is 1. The summed E-state index contributed by atoms with van der Waals surface area (Å²) in [6.07, 6.45) is 9.62. The van der Waals surface area contributed by atoms with Gasteiger partial charge in [-0.15, -0.1) is 11.8 Å². The van der Waals surface area contributed by atoms with Crippen LogP contribution in [0.2, 0.25) is 0 Å².